The molecule has 56 valence electrons. The van der Waals surface area contributed by atoms with Crippen molar-refractivity contribution < 1.29 is 8.76 Å². The highest BCUT2D eigenvalue weighted by molar-refractivity contribution is 7.83. The maximum absolute atomic E-state index is 10.4. The van der Waals surface area contributed by atoms with Crippen LogP contribution in [0.2, 0.25) is 0 Å². The van der Waals surface area contributed by atoms with Gasteiger partial charge in [0.25, 0.3) is 0 Å². The Bertz CT molecular complexity index is 206. The lowest BCUT2D eigenvalue weighted by molar-refractivity contribution is 0.542. The number of hydrogen-bond donors (Lipinski definition) is 0. The Labute approximate surface area is 63.6 Å². The lowest BCUT2D eigenvalue weighted by Gasteiger charge is -2.08. The summed E-state index contributed by atoms with van der Waals surface area (Å²) in [6, 6.07) is 0. The standard InChI is InChI=1S/C7H10O2S/c1-4-5-7(6(2)3)10(8)9/h1H,5H2,2-3H3,(H,8,9)/p-1. The van der Waals surface area contributed by atoms with E-state index in [9.17, 15) is 8.76 Å². The molecule has 2 nitrogen and oxygen atoms in total. The molecule has 0 bridgehead atoms. The zero-order valence-corrected chi connectivity index (χ0v) is 6.83. The molecule has 0 fully saturated rings. The topological polar surface area (TPSA) is 40.1 Å². The van der Waals surface area contributed by atoms with Crippen molar-refractivity contribution in [3.05, 3.63) is 10.5 Å². The Balaban J connectivity index is 4.48. The Kier molecular flexibility index (Phi) is 4.01. The van der Waals surface area contributed by atoms with Gasteiger partial charge in [0.05, 0.1) is 0 Å². The van der Waals surface area contributed by atoms with E-state index in [1.807, 2.05) is 0 Å². The molecule has 0 aromatic rings. The SMILES string of the molecule is C#CCC(=C(C)C)S(=O)[O-]. The minimum Gasteiger partial charge on any atom is -0.769 e. The van der Waals surface area contributed by atoms with Gasteiger partial charge in [-0.3, -0.25) is 4.21 Å². The van der Waals surface area contributed by atoms with Gasteiger partial charge in [0.15, 0.2) is 0 Å². The molecule has 3 heteroatoms. The molecule has 0 saturated heterocycles. The van der Waals surface area contributed by atoms with Crippen LogP contribution in [0.3, 0.4) is 0 Å². The molecule has 0 aromatic carbocycles. The third-order valence-electron chi connectivity index (χ3n) is 1.02. The Hall–Kier alpha value is -0.590. The molecule has 0 heterocycles. The van der Waals surface area contributed by atoms with Crippen molar-refractivity contribution in [2.45, 2.75) is 20.3 Å². The average molecular weight is 157 g/mol. The van der Waals surface area contributed by atoms with Crippen molar-refractivity contribution in [3.63, 3.8) is 0 Å². The molecule has 0 saturated carbocycles. The molecule has 10 heavy (non-hydrogen) atoms. The first-order valence-electron chi connectivity index (χ1n) is 2.78. The highest BCUT2D eigenvalue weighted by atomic mass is 32.2. The van der Waals surface area contributed by atoms with Crippen LogP contribution in [0.25, 0.3) is 0 Å². The van der Waals surface area contributed by atoms with E-state index in [0.29, 0.717) is 4.91 Å². The summed E-state index contributed by atoms with van der Waals surface area (Å²) in [5.74, 6) is 2.28. The van der Waals surface area contributed by atoms with Crippen LogP contribution in [-0.4, -0.2) is 8.76 Å². The van der Waals surface area contributed by atoms with Gasteiger partial charge in [-0.2, -0.15) is 0 Å². The van der Waals surface area contributed by atoms with Crippen LogP contribution in [0.5, 0.6) is 0 Å². The summed E-state index contributed by atoms with van der Waals surface area (Å²) in [6.45, 7) is 3.45. The molecule has 1 atom stereocenters. The van der Waals surface area contributed by atoms with Crippen LogP contribution in [0, 0.1) is 12.3 Å². The second kappa shape index (κ2) is 4.26. The second-order valence-corrected chi connectivity index (χ2v) is 3.00. The van der Waals surface area contributed by atoms with Crippen LogP contribution in [-0.2, 0) is 11.1 Å². The largest absolute Gasteiger partial charge is 0.769 e. The smallest absolute Gasteiger partial charge is 0.0410 e. The molecule has 0 aliphatic carbocycles. The molecule has 0 spiro atoms. The molecule has 1 unspecified atom stereocenters. The van der Waals surface area contributed by atoms with Gasteiger partial charge < -0.3 is 4.55 Å². The highest BCUT2D eigenvalue weighted by Crippen LogP contribution is 2.09. The van der Waals surface area contributed by atoms with E-state index in [0.717, 1.165) is 5.57 Å². The summed E-state index contributed by atoms with van der Waals surface area (Å²) < 4.78 is 20.8. The van der Waals surface area contributed by atoms with Crippen LogP contribution in [0.15, 0.2) is 10.5 Å². The highest BCUT2D eigenvalue weighted by Gasteiger charge is 1.96. The average Bonchev–Trinajstić information content (AvgIpc) is 1.81. The minimum absolute atomic E-state index is 0.193. The molecule has 0 N–H and O–H groups in total. The maximum Gasteiger partial charge on any atom is 0.0410 e. The van der Waals surface area contributed by atoms with Crippen LogP contribution >= 0.6 is 0 Å². The molecule has 0 rings (SSSR count). The zero-order valence-electron chi connectivity index (χ0n) is 6.01. The first-order chi connectivity index (χ1) is 4.59. The lowest BCUT2D eigenvalue weighted by Crippen LogP contribution is -1.94. The predicted molar refractivity (Wildman–Crippen MR) is 40.7 cm³/mol. The van der Waals surface area contributed by atoms with Gasteiger partial charge in [0.1, 0.15) is 0 Å². The number of rotatable bonds is 2. The predicted octanol–water partition coefficient (Wildman–Crippen LogP) is 1.18. The van der Waals surface area contributed by atoms with Gasteiger partial charge in [-0.15, -0.1) is 12.3 Å². The van der Waals surface area contributed by atoms with Crippen LogP contribution < -0.4 is 0 Å². The molecule has 0 amide bonds. The zero-order chi connectivity index (χ0) is 8.15. The Morgan fingerprint density at radius 1 is 1.70 bits per heavy atom. The third kappa shape index (κ3) is 2.81. The van der Waals surface area contributed by atoms with Gasteiger partial charge in [-0.05, 0) is 24.9 Å². The normalized spacial score (nSPS) is 11.8. The van der Waals surface area contributed by atoms with Gasteiger partial charge >= 0.3 is 0 Å². The van der Waals surface area contributed by atoms with E-state index in [1.165, 1.54) is 0 Å². The van der Waals surface area contributed by atoms with Gasteiger partial charge in [-0.1, -0.05) is 5.57 Å². The van der Waals surface area contributed by atoms with Crippen molar-refractivity contribution >= 4 is 11.1 Å². The van der Waals surface area contributed by atoms with E-state index in [-0.39, 0.29) is 6.42 Å². The summed E-state index contributed by atoms with van der Waals surface area (Å²) in [7, 11) is 0. The quantitative estimate of drug-likeness (QED) is 0.446. The number of hydrogen-bond acceptors (Lipinski definition) is 2. The van der Waals surface area contributed by atoms with Crippen molar-refractivity contribution in [3.8, 4) is 12.3 Å². The summed E-state index contributed by atoms with van der Waals surface area (Å²) in [4.78, 5) is 0.322. The van der Waals surface area contributed by atoms with Gasteiger partial charge in [0.2, 0.25) is 0 Å². The summed E-state index contributed by atoms with van der Waals surface area (Å²) in [6.07, 6.45) is 5.14. The van der Waals surface area contributed by atoms with Gasteiger partial charge in [-0.25, -0.2) is 0 Å². The van der Waals surface area contributed by atoms with E-state index in [4.69, 9.17) is 6.42 Å². The maximum atomic E-state index is 10.4. The number of terminal acetylenes is 1. The van der Waals surface area contributed by atoms with Crippen molar-refractivity contribution in [1.29, 1.82) is 0 Å². The fourth-order valence-electron chi connectivity index (χ4n) is 0.495. The van der Waals surface area contributed by atoms with E-state index < -0.39 is 11.1 Å². The van der Waals surface area contributed by atoms with Crippen LogP contribution in [0.4, 0.5) is 0 Å². The summed E-state index contributed by atoms with van der Waals surface area (Å²) >= 11 is -2.15. The van der Waals surface area contributed by atoms with E-state index >= 15 is 0 Å². The van der Waals surface area contributed by atoms with E-state index in [1.54, 1.807) is 13.8 Å². The number of allylic oxidation sites excluding steroid dienone is 2. The van der Waals surface area contributed by atoms with Crippen LogP contribution in [0.1, 0.15) is 20.3 Å². The Morgan fingerprint density at radius 2 is 2.20 bits per heavy atom. The first-order valence-corrected chi connectivity index (χ1v) is 3.86. The van der Waals surface area contributed by atoms with Gasteiger partial charge in [0, 0.05) is 11.3 Å². The molecule has 0 aromatic heterocycles. The molecule has 0 aliphatic heterocycles. The third-order valence-corrected chi connectivity index (χ3v) is 1.98. The van der Waals surface area contributed by atoms with E-state index in [2.05, 4.69) is 5.92 Å². The summed E-state index contributed by atoms with van der Waals surface area (Å²) in [5.41, 5.74) is 0.756. The summed E-state index contributed by atoms with van der Waals surface area (Å²) in [5, 5.41) is 0. The fourth-order valence-corrected chi connectivity index (χ4v) is 1.03. The van der Waals surface area contributed by atoms with Crippen molar-refractivity contribution in [2.24, 2.45) is 0 Å². The molecule has 0 radical (unpaired) electrons. The Morgan fingerprint density at radius 3 is 2.30 bits per heavy atom. The second-order valence-electron chi connectivity index (χ2n) is 2.04. The molecular formula is C7H9O2S-. The van der Waals surface area contributed by atoms with Crippen molar-refractivity contribution in [1.82, 2.24) is 0 Å². The minimum atomic E-state index is -2.15. The molecule has 0 aliphatic rings. The van der Waals surface area contributed by atoms with Crippen molar-refractivity contribution in [2.75, 3.05) is 0 Å². The fraction of sp³-hybridized carbons (Fsp3) is 0.429. The monoisotopic (exact) mass is 157 g/mol. The lowest BCUT2D eigenvalue weighted by atomic mass is 10.3. The molecular weight excluding hydrogens is 148 g/mol. The first kappa shape index (κ1) is 9.41.